The number of nitrogens with zero attached hydrogens (tertiary/aromatic N) is 1. The molecule has 1 aromatic rings. The quantitative estimate of drug-likeness (QED) is 0.705. The van der Waals surface area contributed by atoms with E-state index in [9.17, 15) is 4.79 Å². The van der Waals surface area contributed by atoms with Crippen molar-refractivity contribution < 1.29 is 9.53 Å². The Labute approximate surface area is 114 Å². The van der Waals surface area contributed by atoms with Crippen LogP contribution in [0.1, 0.15) is 5.56 Å². The van der Waals surface area contributed by atoms with Crippen molar-refractivity contribution in [3.8, 4) is 0 Å². The average molecular weight is 265 g/mol. The Kier molecular flexibility index (Phi) is 7.10. The maximum atomic E-state index is 11.5. The molecule has 1 atom stereocenters. The van der Waals surface area contributed by atoms with Gasteiger partial charge < -0.3 is 20.7 Å². The fraction of sp³-hybridized carbons (Fsp3) is 0.500. The zero-order valence-corrected chi connectivity index (χ0v) is 11.6. The van der Waals surface area contributed by atoms with Crippen molar-refractivity contribution in [1.29, 1.82) is 0 Å². The molecule has 1 amide bonds. The molecule has 1 rings (SSSR count). The predicted molar refractivity (Wildman–Crippen MR) is 75.6 cm³/mol. The van der Waals surface area contributed by atoms with E-state index >= 15 is 0 Å². The molecule has 19 heavy (non-hydrogen) atoms. The van der Waals surface area contributed by atoms with Crippen molar-refractivity contribution >= 4 is 5.91 Å². The van der Waals surface area contributed by atoms with E-state index in [1.165, 1.54) is 12.7 Å². The van der Waals surface area contributed by atoms with Gasteiger partial charge >= 0.3 is 0 Å². The third-order valence-electron chi connectivity index (χ3n) is 2.77. The number of carbonyl (C=O) groups excluding carboxylic acids is 1. The van der Waals surface area contributed by atoms with E-state index in [2.05, 4.69) is 22.3 Å². The summed E-state index contributed by atoms with van der Waals surface area (Å²) in [7, 11) is 3.55. The van der Waals surface area contributed by atoms with E-state index in [1.807, 2.05) is 25.2 Å². The lowest BCUT2D eigenvalue weighted by Gasteiger charge is -2.18. The summed E-state index contributed by atoms with van der Waals surface area (Å²) in [6, 6.07) is 9.63. The molecule has 0 aliphatic heterocycles. The van der Waals surface area contributed by atoms with E-state index < -0.39 is 6.04 Å². The number of benzene rings is 1. The maximum Gasteiger partial charge on any atom is 0.239 e. The first-order valence-electron chi connectivity index (χ1n) is 6.38. The molecule has 0 aliphatic carbocycles. The van der Waals surface area contributed by atoms with Gasteiger partial charge in [0.2, 0.25) is 5.91 Å². The van der Waals surface area contributed by atoms with Gasteiger partial charge in [0.15, 0.2) is 0 Å². The number of amides is 1. The van der Waals surface area contributed by atoms with E-state index in [0.29, 0.717) is 6.54 Å². The smallest absolute Gasteiger partial charge is 0.239 e. The van der Waals surface area contributed by atoms with Crippen LogP contribution in [0.4, 0.5) is 0 Å². The third-order valence-corrected chi connectivity index (χ3v) is 2.77. The number of hydrogen-bond acceptors (Lipinski definition) is 4. The molecule has 0 heterocycles. The van der Waals surface area contributed by atoms with Gasteiger partial charge in [0.25, 0.3) is 0 Å². The molecule has 0 radical (unpaired) electrons. The topological polar surface area (TPSA) is 67.6 Å². The molecule has 1 aromatic carbocycles. The summed E-state index contributed by atoms with van der Waals surface area (Å²) in [6.07, 6.45) is 0. The van der Waals surface area contributed by atoms with Gasteiger partial charge in [0, 0.05) is 26.7 Å². The summed E-state index contributed by atoms with van der Waals surface area (Å²) in [5.41, 5.74) is 6.87. The first-order chi connectivity index (χ1) is 9.13. The van der Waals surface area contributed by atoms with Gasteiger partial charge in [-0.2, -0.15) is 0 Å². The van der Waals surface area contributed by atoms with Crippen LogP contribution in [0.2, 0.25) is 0 Å². The number of rotatable bonds is 8. The van der Waals surface area contributed by atoms with Crippen LogP contribution >= 0.6 is 0 Å². The van der Waals surface area contributed by atoms with Crippen LogP contribution in [0.15, 0.2) is 30.3 Å². The largest absolute Gasteiger partial charge is 0.383 e. The number of hydrogen-bond donors (Lipinski definition) is 2. The predicted octanol–water partition coefficient (Wildman–Crippen LogP) is 0.208. The van der Waals surface area contributed by atoms with Crippen molar-refractivity contribution in [3.05, 3.63) is 35.9 Å². The molecule has 0 spiro atoms. The van der Waals surface area contributed by atoms with Gasteiger partial charge in [0.1, 0.15) is 6.04 Å². The summed E-state index contributed by atoms with van der Waals surface area (Å²) < 4.78 is 4.83. The number of nitrogens with one attached hydrogen (secondary N) is 1. The molecule has 0 saturated carbocycles. The van der Waals surface area contributed by atoms with Crippen LogP contribution in [0.3, 0.4) is 0 Å². The van der Waals surface area contributed by atoms with Gasteiger partial charge in [0.05, 0.1) is 6.61 Å². The molecule has 3 N–H and O–H groups in total. The van der Waals surface area contributed by atoms with E-state index in [-0.39, 0.29) is 12.5 Å². The molecule has 106 valence electrons. The lowest BCUT2D eigenvalue weighted by atomic mass is 10.2. The van der Waals surface area contributed by atoms with Gasteiger partial charge in [-0.1, -0.05) is 30.3 Å². The minimum Gasteiger partial charge on any atom is -0.383 e. The van der Waals surface area contributed by atoms with Crippen LogP contribution in [0.25, 0.3) is 0 Å². The summed E-state index contributed by atoms with van der Waals surface area (Å²) in [5.74, 6) is -0.171. The Morgan fingerprint density at radius 1 is 1.42 bits per heavy atom. The Morgan fingerprint density at radius 2 is 2.11 bits per heavy atom. The zero-order chi connectivity index (χ0) is 14.1. The normalized spacial score (nSPS) is 12.4. The standard InChI is InChI=1S/C14H23N3O2/c1-17(10-12-6-4-3-5-7-12)9-8-16-14(18)13(15)11-19-2/h3-7,13H,8-11,15H2,1-2H3,(H,16,18). The molecular weight excluding hydrogens is 242 g/mol. The van der Waals surface area contributed by atoms with Crippen molar-refractivity contribution in [1.82, 2.24) is 10.2 Å². The monoisotopic (exact) mass is 265 g/mol. The zero-order valence-electron chi connectivity index (χ0n) is 11.6. The average Bonchev–Trinajstić information content (AvgIpc) is 2.40. The Hall–Kier alpha value is -1.43. The lowest BCUT2D eigenvalue weighted by Crippen LogP contribution is -2.45. The minimum atomic E-state index is -0.593. The molecule has 0 saturated heterocycles. The molecule has 0 fully saturated rings. The number of likely N-dealkylation sites (N-methyl/N-ethyl adjacent to an activating group) is 1. The number of methoxy groups -OCH3 is 1. The van der Waals surface area contributed by atoms with Gasteiger partial charge in [-0.3, -0.25) is 4.79 Å². The Morgan fingerprint density at radius 3 is 2.74 bits per heavy atom. The van der Waals surface area contributed by atoms with Crippen molar-refractivity contribution in [3.63, 3.8) is 0 Å². The second-order valence-corrected chi connectivity index (χ2v) is 4.58. The van der Waals surface area contributed by atoms with Crippen molar-refractivity contribution in [2.75, 3.05) is 33.9 Å². The molecule has 1 unspecified atom stereocenters. The second-order valence-electron chi connectivity index (χ2n) is 4.58. The van der Waals surface area contributed by atoms with E-state index in [1.54, 1.807) is 0 Å². The highest BCUT2D eigenvalue weighted by Gasteiger charge is 2.12. The molecule has 0 bridgehead atoms. The van der Waals surface area contributed by atoms with E-state index in [0.717, 1.165) is 13.1 Å². The van der Waals surface area contributed by atoms with Crippen molar-refractivity contribution in [2.45, 2.75) is 12.6 Å². The Bertz CT molecular complexity index is 370. The van der Waals surface area contributed by atoms with Gasteiger partial charge in [-0.25, -0.2) is 0 Å². The van der Waals surface area contributed by atoms with Gasteiger partial charge in [-0.15, -0.1) is 0 Å². The molecule has 0 aliphatic rings. The highest BCUT2D eigenvalue weighted by atomic mass is 16.5. The van der Waals surface area contributed by atoms with Crippen LogP contribution in [-0.4, -0.2) is 50.7 Å². The third kappa shape index (κ3) is 6.33. The Balaban J connectivity index is 2.20. The van der Waals surface area contributed by atoms with Crippen LogP contribution in [-0.2, 0) is 16.1 Å². The van der Waals surface area contributed by atoms with E-state index in [4.69, 9.17) is 10.5 Å². The molecule has 5 heteroatoms. The SMILES string of the molecule is COCC(N)C(=O)NCCN(C)Cc1ccccc1. The summed E-state index contributed by atoms with van der Waals surface area (Å²) in [6.45, 7) is 2.46. The first kappa shape index (κ1) is 15.6. The van der Waals surface area contributed by atoms with Gasteiger partial charge in [-0.05, 0) is 12.6 Å². The number of ether oxygens (including phenoxy) is 1. The number of carbonyl (C=O) groups is 1. The van der Waals surface area contributed by atoms with Crippen LogP contribution in [0.5, 0.6) is 0 Å². The van der Waals surface area contributed by atoms with Crippen LogP contribution < -0.4 is 11.1 Å². The fourth-order valence-corrected chi connectivity index (χ4v) is 1.73. The van der Waals surface area contributed by atoms with Crippen LogP contribution in [0, 0.1) is 0 Å². The first-order valence-corrected chi connectivity index (χ1v) is 6.38. The molecular formula is C14H23N3O2. The second kappa shape index (κ2) is 8.63. The highest BCUT2D eigenvalue weighted by Crippen LogP contribution is 2.01. The summed E-state index contributed by atoms with van der Waals surface area (Å²) in [4.78, 5) is 13.7. The highest BCUT2D eigenvalue weighted by molar-refractivity contribution is 5.81. The fourth-order valence-electron chi connectivity index (χ4n) is 1.73. The summed E-state index contributed by atoms with van der Waals surface area (Å²) >= 11 is 0. The lowest BCUT2D eigenvalue weighted by molar-refractivity contribution is -0.123. The summed E-state index contributed by atoms with van der Waals surface area (Å²) in [5, 5.41) is 2.80. The maximum absolute atomic E-state index is 11.5. The minimum absolute atomic E-state index is 0.171. The number of nitrogens with two attached hydrogens (primary N) is 1. The molecule has 5 nitrogen and oxygen atoms in total. The molecule has 0 aromatic heterocycles. The van der Waals surface area contributed by atoms with Crippen molar-refractivity contribution in [2.24, 2.45) is 5.73 Å².